The fourth-order valence-electron chi connectivity index (χ4n) is 1.17. The van der Waals surface area contributed by atoms with Crippen molar-refractivity contribution in [1.82, 2.24) is 0 Å². The Morgan fingerprint density at radius 2 is 1.74 bits per heavy atom. The standard InChI is InChI=1S/C12H3BrClN5/c13-9-1-7(3-15)2-10(14)12(9)19-11(6-18)8(4-16)5-17/h1-2,19H. The molecule has 1 aromatic rings. The van der Waals surface area contributed by atoms with Crippen LogP contribution in [0.15, 0.2) is 27.9 Å². The number of allylic oxidation sites excluding steroid dienone is 2. The molecule has 0 aromatic heterocycles. The van der Waals surface area contributed by atoms with E-state index in [-0.39, 0.29) is 16.3 Å². The molecule has 0 aliphatic rings. The third kappa shape index (κ3) is 3.24. The average Bonchev–Trinajstić information content (AvgIpc) is 2.41. The first kappa shape index (κ1) is 14.6. The number of nitrogens with zero attached hydrogens (tertiary/aromatic N) is 4. The predicted octanol–water partition coefficient (Wildman–Crippen LogP) is 3.21. The Labute approximate surface area is 122 Å². The van der Waals surface area contributed by atoms with Crippen LogP contribution in [0.1, 0.15) is 5.56 Å². The van der Waals surface area contributed by atoms with Crippen molar-refractivity contribution in [2.24, 2.45) is 0 Å². The van der Waals surface area contributed by atoms with Gasteiger partial charge in [-0.2, -0.15) is 21.0 Å². The highest BCUT2D eigenvalue weighted by Gasteiger charge is 2.12. The minimum atomic E-state index is -0.352. The first-order valence-electron chi connectivity index (χ1n) is 4.68. The van der Waals surface area contributed by atoms with Gasteiger partial charge in [-0.25, -0.2) is 0 Å². The molecule has 1 rings (SSSR count). The number of hydrogen-bond acceptors (Lipinski definition) is 5. The van der Waals surface area contributed by atoms with E-state index in [1.165, 1.54) is 12.1 Å². The highest BCUT2D eigenvalue weighted by Crippen LogP contribution is 2.33. The van der Waals surface area contributed by atoms with Crippen LogP contribution in [0.3, 0.4) is 0 Å². The highest BCUT2D eigenvalue weighted by molar-refractivity contribution is 9.10. The minimum Gasteiger partial charge on any atom is -0.343 e. The molecule has 90 valence electrons. The number of rotatable bonds is 2. The van der Waals surface area contributed by atoms with Crippen molar-refractivity contribution in [2.75, 3.05) is 5.32 Å². The predicted molar refractivity (Wildman–Crippen MR) is 71.4 cm³/mol. The first-order valence-corrected chi connectivity index (χ1v) is 5.85. The summed E-state index contributed by atoms with van der Waals surface area (Å²) in [5, 5.41) is 37.9. The summed E-state index contributed by atoms with van der Waals surface area (Å²) in [6.07, 6.45) is 0. The van der Waals surface area contributed by atoms with Gasteiger partial charge in [-0.05, 0) is 28.1 Å². The zero-order valence-electron chi connectivity index (χ0n) is 9.20. The molecule has 7 heteroatoms. The molecular formula is C12H3BrClN5. The Kier molecular flexibility index (Phi) is 4.92. The lowest BCUT2D eigenvalue weighted by molar-refractivity contribution is 1.36. The van der Waals surface area contributed by atoms with Crippen LogP contribution in [0, 0.1) is 45.3 Å². The van der Waals surface area contributed by atoms with Crippen LogP contribution in [0.25, 0.3) is 0 Å². The third-order valence-corrected chi connectivity index (χ3v) is 2.93. The number of nitriles is 4. The maximum atomic E-state index is 8.92. The molecule has 19 heavy (non-hydrogen) atoms. The topological polar surface area (TPSA) is 107 Å². The molecule has 0 aliphatic heterocycles. The smallest absolute Gasteiger partial charge is 0.163 e. The molecule has 5 nitrogen and oxygen atoms in total. The summed E-state index contributed by atoms with van der Waals surface area (Å²) in [4.78, 5) is 0. The molecule has 0 fully saturated rings. The molecule has 1 aromatic carbocycles. The quantitative estimate of drug-likeness (QED) is 0.837. The highest BCUT2D eigenvalue weighted by atomic mass is 79.9. The van der Waals surface area contributed by atoms with Gasteiger partial charge in [-0.1, -0.05) is 11.6 Å². The molecule has 0 spiro atoms. The summed E-state index contributed by atoms with van der Waals surface area (Å²) < 4.78 is 0.444. The minimum absolute atomic E-state index is 0.189. The Morgan fingerprint density at radius 3 is 2.16 bits per heavy atom. The number of anilines is 1. The van der Waals surface area contributed by atoms with Crippen LogP contribution >= 0.6 is 27.5 Å². The van der Waals surface area contributed by atoms with Gasteiger partial charge >= 0.3 is 0 Å². The monoisotopic (exact) mass is 331 g/mol. The summed E-state index contributed by atoms with van der Waals surface area (Å²) in [5.74, 6) is 0. The van der Waals surface area contributed by atoms with Gasteiger partial charge in [-0.3, -0.25) is 0 Å². The largest absolute Gasteiger partial charge is 0.343 e. The third-order valence-electron chi connectivity index (χ3n) is 2.01. The average molecular weight is 333 g/mol. The summed E-state index contributed by atoms with van der Waals surface area (Å²) in [5.41, 5.74) is 0.0815. The SMILES string of the molecule is N#CC(C#N)=C(C#N)Nc1c(Cl)cc(C#N)cc1Br. The van der Waals surface area contributed by atoms with Gasteiger partial charge in [-0.15, -0.1) is 0 Å². The Balaban J connectivity index is 3.34. The van der Waals surface area contributed by atoms with Gasteiger partial charge in [0.1, 0.15) is 23.9 Å². The summed E-state index contributed by atoms with van der Waals surface area (Å²) >= 11 is 9.16. The fourth-order valence-corrected chi connectivity index (χ4v) is 2.11. The molecule has 0 heterocycles. The summed E-state index contributed by atoms with van der Waals surface area (Å²) in [7, 11) is 0. The van der Waals surface area contributed by atoms with Gasteiger partial charge in [0.2, 0.25) is 0 Å². The molecule has 0 aliphatic carbocycles. The van der Waals surface area contributed by atoms with Crippen LogP contribution < -0.4 is 5.32 Å². The molecule has 0 radical (unpaired) electrons. The van der Waals surface area contributed by atoms with E-state index < -0.39 is 0 Å². The van der Waals surface area contributed by atoms with Crippen molar-refractivity contribution in [3.63, 3.8) is 0 Å². The summed E-state index contributed by atoms with van der Waals surface area (Å²) in [6, 6.07) is 9.76. The lowest BCUT2D eigenvalue weighted by Gasteiger charge is -2.09. The molecular weight excluding hydrogens is 330 g/mol. The van der Waals surface area contributed by atoms with E-state index in [0.29, 0.717) is 15.7 Å². The van der Waals surface area contributed by atoms with E-state index in [9.17, 15) is 0 Å². The van der Waals surface area contributed by atoms with Gasteiger partial charge in [0, 0.05) is 4.47 Å². The number of nitrogens with one attached hydrogen (secondary N) is 1. The van der Waals surface area contributed by atoms with E-state index in [1.54, 1.807) is 18.2 Å². The second-order valence-electron chi connectivity index (χ2n) is 3.14. The lowest BCUT2D eigenvalue weighted by atomic mass is 10.2. The second-order valence-corrected chi connectivity index (χ2v) is 4.40. The van der Waals surface area contributed by atoms with E-state index in [0.717, 1.165) is 0 Å². The normalized spacial score (nSPS) is 8.32. The number of benzene rings is 1. The van der Waals surface area contributed by atoms with Crippen molar-refractivity contribution < 1.29 is 0 Å². The maximum Gasteiger partial charge on any atom is 0.163 e. The van der Waals surface area contributed by atoms with Gasteiger partial charge in [0.05, 0.1) is 22.3 Å². The molecule has 0 amide bonds. The molecule has 0 atom stereocenters. The van der Waals surface area contributed by atoms with Crippen molar-refractivity contribution in [3.8, 4) is 24.3 Å². The Morgan fingerprint density at radius 1 is 1.11 bits per heavy atom. The lowest BCUT2D eigenvalue weighted by Crippen LogP contribution is -2.02. The molecule has 0 saturated carbocycles. The first-order chi connectivity index (χ1) is 9.07. The van der Waals surface area contributed by atoms with Crippen LogP contribution in [0.2, 0.25) is 5.02 Å². The Bertz CT molecular complexity index is 685. The van der Waals surface area contributed by atoms with Crippen molar-refractivity contribution in [3.05, 3.63) is 38.5 Å². The zero-order chi connectivity index (χ0) is 14.4. The second kappa shape index (κ2) is 6.43. The zero-order valence-corrected chi connectivity index (χ0v) is 11.5. The van der Waals surface area contributed by atoms with Gasteiger partial charge in [0.15, 0.2) is 5.57 Å². The van der Waals surface area contributed by atoms with E-state index in [2.05, 4.69) is 21.2 Å². The van der Waals surface area contributed by atoms with Gasteiger partial charge in [0.25, 0.3) is 0 Å². The van der Waals surface area contributed by atoms with E-state index >= 15 is 0 Å². The van der Waals surface area contributed by atoms with Crippen LogP contribution in [-0.2, 0) is 0 Å². The van der Waals surface area contributed by atoms with E-state index in [1.807, 2.05) is 6.07 Å². The van der Waals surface area contributed by atoms with Crippen molar-refractivity contribution >= 4 is 33.2 Å². The van der Waals surface area contributed by atoms with Crippen LogP contribution in [-0.4, -0.2) is 0 Å². The van der Waals surface area contributed by atoms with Gasteiger partial charge < -0.3 is 5.32 Å². The fraction of sp³-hybridized carbons (Fsp3) is 0. The summed E-state index contributed by atoms with van der Waals surface area (Å²) in [6.45, 7) is 0. The molecule has 0 saturated heterocycles. The molecule has 0 unspecified atom stereocenters. The van der Waals surface area contributed by atoms with Crippen LogP contribution in [0.4, 0.5) is 5.69 Å². The molecule has 0 bridgehead atoms. The number of hydrogen-bond donors (Lipinski definition) is 1. The number of halogens is 2. The van der Waals surface area contributed by atoms with E-state index in [4.69, 9.17) is 32.6 Å². The van der Waals surface area contributed by atoms with Crippen molar-refractivity contribution in [2.45, 2.75) is 0 Å². The Hall–Kier alpha value is -2.51. The maximum absolute atomic E-state index is 8.92. The molecule has 1 N–H and O–H groups in total. The van der Waals surface area contributed by atoms with Crippen molar-refractivity contribution in [1.29, 1.82) is 21.0 Å². The van der Waals surface area contributed by atoms with Crippen LogP contribution in [0.5, 0.6) is 0 Å².